The Morgan fingerprint density at radius 1 is 1.07 bits per heavy atom. The zero-order chi connectivity index (χ0) is 17.5. The van der Waals surface area contributed by atoms with Gasteiger partial charge in [0.05, 0.1) is 5.92 Å². The molecule has 0 bridgehead atoms. The largest absolute Gasteiger partial charge is 0.334 e. The third-order valence-corrected chi connectivity index (χ3v) is 4.02. The van der Waals surface area contributed by atoms with Crippen LogP contribution < -0.4 is 21.3 Å². The number of benzene rings is 1. The zero-order valence-corrected chi connectivity index (χ0v) is 16.2. The molecule has 0 radical (unpaired) electrons. The highest BCUT2D eigenvalue weighted by molar-refractivity contribution is 5.94. The molecule has 3 amide bonds. The van der Waals surface area contributed by atoms with E-state index in [4.69, 9.17) is 0 Å². The van der Waals surface area contributed by atoms with Gasteiger partial charge in [0, 0.05) is 36.9 Å². The number of aromatic nitrogens is 1. The van der Waals surface area contributed by atoms with E-state index < -0.39 is 0 Å². The molecule has 0 saturated carbocycles. The molecule has 0 aliphatic carbocycles. The molecular weight excluding hydrogens is 389 g/mol. The standard InChI is InChI=1S/C18H21N5O2.2ClH/c24-17(14-6-9-20-12-14)22-15-2-1-3-16(10-15)23-18(25)21-11-13-4-7-19-8-5-13;;/h1-5,7-8,10,14,20H,6,9,11-12H2,(H,22,24)(H2,21,23,25);2*1H. The third kappa shape index (κ3) is 7.05. The van der Waals surface area contributed by atoms with Gasteiger partial charge in [-0.25, -0.2) is 4.79 Å². The van der Waals surface area contributed by atoms with Crippen LogP contribution in [0.3, 0.4) is 0 Å². The van der Waals surface area contributed by atoms with Crippen molar-refractivity contribution in [1.29, 1.82) is 0 Å². The fraction of sp³-hybridized carbons (Fsp3) is 0.278. The minimum atomic E-state index is -0.305. The number of amides is 3. The highest BCUT2D eigenvalue weighted by Gasteiger charge is 2.22. The number of halogens is 2. The summed E-state index contributed by atoms with van der Waals surface area (Å²) in [6, 6.07) is 10.5. The Bertz CT molecular complexity index is 740. The van der Waals surface area contributed by atoms with Gasteiger partial charge in [-0.2, -0.15) is 0 Å². The smallest absolute Gasteiger partial charge is 0.319 e. The molecule has 146 valence electrons. The van der Waals surface area contributed by atoms with Crippen LogP contribution in [0.2, 0.25) is 0 Å². The zero-order valence-electron chi connectivity index (χ0n) is 14.6. The minimum Gasteiger partial charge on any atom is -0.334 e. The molecule has 2 heterocycles. The summed E-state index contributed by atoms with van der Waals surface area (Å²) in [6.07, 6.45) is 4.21. The maximum absolute atomic E-state index is 12.2. The van der Waals surface area contributed by atoms with Crippen molar-refractivity contribution in [3.05, 3.63) is 54.4 Å². The van der Waals surface area contributed by atoms with Gasteiger partial charge in [-0.3, -0.25) is 9.78 Å². The molecule has 4 N–H and O–H groups in total. The average molecular weight is 412 g/mol. The Hall–Kier alpha value is -2.35. The fourth-order valence-electron chi connectivity index (χ4n) is 2.66. The number of carbonyl (C=O) groups is 2. The van der Waals surface area contributed by atoms with Gasteiger partial charge in [-0.1, -0.05) is 6.07 Å². The number of nitrogens with one attached hydrogen (secondary N) is 4. The normalized spacial score (nSPS) is 15.0. The van der Waals surface area contributed by atoms with Crippen molar-refractivity contribution in [2.75, 3.05) is 23.7 Å². The molecule has 1 unspecified atom stereocenters. The SMILES string of the molecule is Cl.Cl.O=C(NCc1ccncc1)Nc1cccc(NC(=O)C2CCNC2)c1. The predicted octanol–water partition coefficient (Wildman–Crippen LogP) is 2.79. The maximum Gasteiger partial charge on any atom is 0.319 e. The van der Waals surface area contributed by atoms with Crippen molar-refractivity contribution >= 4 is 48.1 Å². The Balaban J connectivity index is 0.00000182. The number of carbonyl (C=O) groups excluding carboxylic acids is 2. The second kappa shape index (κ2) is 11.4. The molecule has 0 spiro atoms. The number of rotatable bonds is 5. The van der Waals surface area contributed by atoms with Crippen LogP contribution in [-0.4, -0.2) is 30.0 Å². The highest BCUT2D eigenvalue weighted by atomic mass is 35.5. The van der Waals surface area contributed by atoms with E-state index in [1.807, 2.05) is 12.1 Å². The first-order valence-corrected chi connectivity index (χ1v) is 8.26. The van der Waals surface area contributed by atoms with E-state index in [1.54, 1.807) is 36.7 Å². The molecule has 1 aromatic heterocycles. The summed E-state index contributed by atoms with van der Waals surface area (Å²) < 4.78 is 0. The fourth-order valence-corrected chi connectivity index (χ4v) is 2.66. The molecule has 27 heavy (non-hydrogen) atoms. The van der Waals surface area contributed by atoms with Crippen molar-refractivity contribution in [2.45, 2.75) is 13.0 Å². The topological polar surface area (TPSA) is 95.2 Å². The van der Waals surface area contributed by atoms with Crippen LogP contribution in [0.15, 0.2) is 48.8 Å². The van der Waals surface area contributed by atoms with E-state index in [2.05, 4.69) is 26.3 Å². The van der Waals surface area contributed by atoms with Crippen LogP contribution in [-0.2, 0) is 11.3 Å². The van der Waals surface area contributed by atoms with E-state index in [0.29, 0.717) is 24.5 Å². The maximum atomic E-state index is 12.2. The van der Waals surface area contributed by atoms with Crippen LogP contribution >= 0.6 is 24.8 Å². The molecule has 1 aromatic carbocycles. The van der Waals surface area contributed by atoms with Gasteiger partial charge >= 0.3 is 6.03 Å². The quantitative estimate of drug-likeness (QED) is 0.608. The summed E-state index contributed by atoms with van der Waals surface area (Å²) in [7, 11) is 0. The van der Waals surface area contributed by atoms with E-state index in [9.17, 15) is 9.59 Å². The van der Waals surface area contributed by atoms with Crippen molar-refractivity contribution < 1.29 is 9.59 Å². The lowest BCUT2D eigenvalue weighted by Crippen LogP contribution is -2.28. The Morgan fingerprint density at radius 2 is 1.78 bits per heavy atom. The van der Waals surface area contributed by atoms with Crippen molar-refractivity contribution in [2.24, 2.45) is 5.92 Å². The molecule has 1 saturated heterocycles. The molecule has 1 aliphatic heterocycles. The van der Waals surface area contributed by atoms with E-state index in [0.717, 1.165) is 18.5 Å². The van der Waals surface area contributed by atoms with Crippen molar-refractivity contribution in [1.82, 2.24) is 15.6 Å². The summed E-state index contributed by atoms with van der Waals surface area (Å²) in [5, 5.41) is 11.6. The number of pyridine rings is 1. The van der Waals surface area contributed by atoms with E-state index in [1.165, 1.54) is 0 Å². The number of hydrogen-bond acceptors (Lipinski definition) is 4. The first-order valence-electron chi connectivity index (χ1n) is 8.26. The molecular formula is C18H23Cl2N5O2. The summed E-state index contributed by atoms with van der Waals surface area (Å²) in [5.74, 6) is 0.00423. The first-order chi connectivity index (χ1) is 12.2. The lowest BCUT2D eigenvalue weighted by atomic mass is 10.1. The molecule has 1 atom stereocenters. The predicted molar refractivity (Wildman–Crippen MR) is 111 cm³/mol. The third-order valence-electron chi connectivity index (χ3n) is 4.02. The van der Waals surface area contributed by atoms with Crippen molar-refractivity contribution in [3.63, 3.8) is 0 Å². The van der Waals surface area contributed by atoms with Crippen LogP contribution in [0.5, 0.6) is 0 Å². The number of hydrogen-bond donors (Lipinski definition) is 4. The van der Waals surface area contributed by atoms with Crippen molar-refractivity contribution in [3.8, 4) is 0 Å². The lowest BCUT2D eigenvalue weighted by molar-refractivity contribution is -0.119. The van der Waals surface area contributed by atoms with E-state index in [-0.39, 0.29) is 42.7 Å². The van der Waals surface area contributed by atoms with Gasteiger partial charge in [0.2, 0.25) is 5.91 Å². The highest BCUT2D eigenvalue weighted by Crippen LogP contribution is 2.17. The average Bonchev–Trinajstić information content (AvgIpc) is 3.16. The second-order valence-electron chi connectivity index (χ2n) is 5.92. The van der Waals surface area contributed by atoms with Gasteiger partial charge in [-0.15, -0.1) is 24.8 Å². The summed E-state index contributed by atoms with van der Waals surface area (Å²) >= 11 is 0. The molecule has 9 heteroatoms. The molecule has 1 fully saturated rings. The number of urea groups is 1. The molecule has 3 rings (SSSR count). The molecule has 1 aliphatic rings. The van der Waals surface area contributed by atoms with Crippen LogP contribution in [0, 0.1) is 5.92 Å². The monoisotopic (exact) mass is 411 g/mol. The van der Waals surface area contributed by atoms with Crippen LogP contribution in [0.4, 0.5) is 16.2 Å². The van der Waals surface area contributed by atoms with Gasteiger partial charge in [0.1, 0.15) is 0 Å². The lowest BCUT2D eigenvalue weighted by Gasteiger charge is -2.12. The van der Waals surface area contributed by atoms with Gasteiger partial charge in [0.15, 0.2) is 0 Å². The summed E-state index contributed by atoms with van der Waals surface area (Å²) in [4.78, 5) is 28.1. The summed E-state index contributed by atoms with van der Waals surface area (Å²) in [5.41, 5.74) is 2.26. The minimum absolute atomic E-state index is 0. The summed E-state index contributed by atoms with van der Waals surface area (Å²) in [6.45, 7) is 2.00. The molecule has 7 nitrogen and oxygen atoms in total. The Morgan fingerprint density at radius 3 is 2.44 bits per heavy atom. The number of nitrogens with zero attached hydrogens (tertiary/aromatic N) is 1. The Kier molecular flexibility index (Phi) is 9.56. The second-order valence-corrected chi connectivity index (χ2v) is 5.92. The Labute approximate surface area is 170 Å². The number of anilines is 2. The van der Waals surface area contributed by atoms with Crippen LogP contribution in [0.25, 0.3) is 0 Å². The first kappa shape index (κ1) is 22.7. The van der Waals surface area contributed by atoms with Gasteiger partial charge in [-0.05, 0) is 48.9 Å². The van der Waals surface area contributed by atoms with Gasteiger partial charge in [0.25, 0.3) is 0 Å². The molecule has 2 aromatic rings. The van der Waals surface area contributed by atoms with Crippen LogP contribution in [0.1, 0.15) is 12.0 Å². The van der Waals surface area contributed by atoms with Gasteiger partial charge < -0.3 is 21.3 Å². The van der Waals surface area contributed by atoms with E-state index >= 15 is 0 Å².